The SMILES string of the molecule is Cc1cc(-c2nc3ccccc3s2)ccc1NC(=S)NC(=O)c1cccc(OCC(C)C)c1. The van der Waals surface area contributed by atoms with Crippen molar-refractivity contribution < 1.29 is 9.53 Å². The Bertz CT molecular complexity index is 1280. The third-order valence-electron chi connectivity index (χ3n) is 4.92. The number of fused-ring (bicyclic) bond motifs is 1. The summed E-state index contributed by atoms with van der Waals surface area (Å²) in [6.45, 7) is 6.75. The Balaban J connectivity index is 1.41. The second kappa shape index (κ2) is 10.1. The summed E-state index contributed by atoms with van der Waals surface area (Å²) in [6, 6.07) is 21.2. The Morgan fingerprint density at radius 1 is 1.09 bits per heavy atom. The second-order valence-corrected chi connectivity index (χ2v) is 9.60. The fourth-order valence-electron chi connectivity index (χ4n) is 3.25. The molecule has 3 aromatic carbocycles. The number of rotatable bonds is 6. The van der Waals surface area contributed by atoms with Gasteiger partial charge in [0.1, 0.15) is 10.8 Å². The Morgan fingerprint density at radius 3 is 2.67 bits per heavy atom. The van der Waals surface area contributed by atoms with E-state index >= 15 is 0 Å². The molecule has 4 aromatic rings. The maximum absolute atomic E-state index is 12.6. The minimum atomic E-state index is -0.286. The zero-order valence-corrected chi connectivity index (χ0v) is 20.3. The Labute approximate surface area is 202 Å². The molecule has 2 N–H and O–H groups in total. The predicted molar refractivity (Wildman–Crippen MR) is 140 cm³/mol. The van der Waals surface area contributed by atoms with E-state index in [1.165, 1.54) is 0 Å². The highest BCUT2D eigenvalue weighted by molar-refractivity contribution is 7.80. The topological polar surface area (TPSA) is 63.2 Å². The lowest BCUT2D eigenvalue weighted by atomic mass is 10.1. The summed E-state index contributed by atoms with van der Waals surface area (Å²) in [7, 11) is 0. The number of hydrogen-bond acceptors (Lipinski definition) is 5. The largest absolute Gasteiger partial charge is 0.493 e. The van der Waals surface area contributed by atoms with Crippen molar-refractivity contribution in [3.05, 3.63) is 77.9 Å². The van der Waals surface area contributed by atoms with Crippen molar-refractivity contribution in [1.82, 2.24) is 10.3 Å². The van der Waals surface area contributed by atoms with Crippen LogP contribution >= 0.6 is 23.6 Å². The molecule has 4 rings (SSSR count). The molecule has 0 radical (unpaired) electrons. The van der Waals surface area contributed by atoms with Crippen LogP contribution in [0.1, 0.15) is 29.8 Å². The average Bonchev–Trinajstić information content (AvgIpc) is 3.23. The molecule has 0 spiro atoms. The Kier molecular flexibility index (Phi) is 7.01. The van der Waals surface area contributed by atoms with E-state index in [4.69, 9.17) is 21.9 Å². The molecule has 0 fully saturated rings. The molecule has 0 aliphatic rings. The van der Waals surface area contributed by atoms with Crippen molar-refractivity contribution in [2.24, 2.45) is 5.92 Å². The van der Waals surface area contributed by atoms with Crippen molar-refractivity contribution in [1.29, 1.82) is 0 Å². The normalized spacial score (nSPS) is 10.9. The van der Waals surface area contributed by atoms with E-state index in [2.05, 4.69) is 36.6 Å². The number of aryl methyl sites for hydroxylation is 1. The summed E-state index contributed by atoms with van der Waals surface area (Å²) in [6.07, 6.45) is 0. The van der Waals surface area contributed by atoms with E-state index in [1.54, 1.807) is 29.5 Å². The van der Waals surface area contributed by atoms with E-state index in [0.717, 1.165) is 32.0 Å². The van der Waals surface area contributed by atoms with Crippen LogP contribution in [0.15, 0.2) is 66.7 Å². The third kappa shape index (κ3) is 5.74. The lowest BCUT2D eigenvalue weighted by Gasteiger charge is -2.13. The molecule has 0 aliphatic carbocycles. The minimum Gasteiger partial charge on any atom is -0.493 e. The predicted octanol–water partition coefficient (Wildman–Crippen LogP) is 6.43. The maximum atomic E-state index is 12.6. The second-order valence-electron chi connectivity index (χ2n) is 8.16. The summed E-state index contributed by atoms with van der Waals surface area (Å²) in [5.74, 6) is 0.784. The van der Waals surface area contributed by atoms with Crippen LogP contribution in [0.2, 0.25) is 0 Å². The van der Waals surface area contributed by atoms with Crippen LogP contribution in [-0.2, 0) is 0 Å². The van der Waals surface area contributed by atoms with E-state index in [9.17, 15) is 4.79 Å². The molecule has 0 unspecified atom stereocenters. The van der Waals surface area contributed by atoms with Crippen LogP contribution in [0.4, 0.5) is 5.69 Å². The van der Waals surface area contributed by atoms with Gasteiger partial charge >= 0.3 is 0 Å². The van der Waals surface area contributed by atoms with Gasteiger partial charge in [0.2, 0.25) is 0 Å². The van der Waals surface area contributed by atoms with Gasteiger partial charge in [-0.1, -0.05) is 32.0 Å². The zero-order chi connectivity index (χ0) is 23.4. The van der Waals surface area contributed by atoms with E-state index in [1.807, 2.05) is 43.3 Å². The van der Waals surface area contributed by atoms with Gasteiger partial charge in [-0.05, 0) is 79.2 Å². The number of thiocarbonyl (C=S) groups is 1. The number of carbonyl (C=O) groups is 1. The van der Waals surface area contributed by atoms with Gasteiger partial charge < -0.3 is 10.1 Å². The Morgan fingerprint density at radius 2 is 1.91 bits per heavy atom. The summed E-state index contributed by atoms with van der Waals surface area (Å²) in [5, 5.41) is 7.08. The monoisotopic (exact) mass is 475 g/mol. The number of amides is 1. The van der Waals surface area contributed by atoms with Crippen LogP contribution in [0.5, 0.6) is 5.75 Å². The molecule has 7 heteroatoms. The number of hydrogen-bond donors (Lipinski definition) is 2. The molecule has 1 amide bonds. The summed E-state index contributed by atoms with van der Waals surface area (Å²) >= 11 is 7.04. The molecule has 0 aliphatic heterocycles. The maximum Gasteiger partial charge on any atom is 0.257 e. The lowest BCUT2D eigenvalue weighted by Crippen LogP contribution is -2.34. The lowest BCUT2D eigenvalue weighted by molar-refractivity contribution is 0.0977. The number of nitrogens with zero attached hydrogens (tertiary/aromatic N) is 1. The highest BCUT2D eigenvalue weighted by atomic mass is 32.1. The highest BCUT2D eigenvalue weighted by Crippen LogP contribution is 2.31. The molecule has 0 atom stereocenters. The molecule has 0 bridgehead atoms. The first-order valence-electron chi connectivity index (χ1n) is 10.7. The average molecular weight is 476 g/mol. The van der Waals surface area contributed by atoms with Crippen molar-refractivity contribution >= 4 is 50.5 Å². The third-order valence-corrected chi connectivity index (χ3v) is 6.21. The van der Waals surface area contributed by atoms with Crippen molar-refractivity contribution in [3.8, 4) is 16.3 Å². The molecular weight excluding hydrogens is 450 g/mol. The van der Waals surface area contributed by atoms with Crippen LogP contribution < -0.4 is 15.4 Å². The van der Waals surface area contributed by atoms with Gasteiger partial charge in [0, 0.05) is 16.8 Å². The van der Waals surface area contributed by atoms with Gasteiger partial charge in [-0.2, -0.15) is 0 Å². The Hall–Kier alpha value is -3.29. The number of anilines is 1. The highest BCUT2D eigenvalue weighted by Gasteiger charge is 2.12. The number of benzene rings is 3. The molecule has 1 heterocycles. The van der Waals surface area contributed by atoms with Gasteiger partial charge in [-0.25, -0.2) is 4.98 Å². The fourth-order valence-corrected chi connectivity index (χ4v) is 4.42. The molecule has 33 heavy (non-hydrogen) atoms. The van der Waals surface area contributed by atoms with Gasteiger partial charge in [0.25, 0.3) is 5.91 Å². The van der Waals surface area contributed by atoms with Gasteiger partial charge in [0.05, 0.1) is 16.8 Å². The summed E-state index contributed by atoms with van der Waals surface area (Å²) < 4.78 is 6.87. The standard InChI is InChI=1S/C26H25N3O2S2/c1-16(2)15-31-20-8-6-7-18(14-20)24(30)29-26(32)28-21-12-11-19(13-17(21)3)25-27-22-9-4-5-10-23(22)33-25/h4-14,16H,15H2,1-3H3,(H2,28,29,30,32). The van der Waals surface area contributed by atoms with Crippen LogP contribution in [0, 0.1) is 12.8 Å². The van der Waals surface area contributed by atoms with E-state index < -0.39 is 0 Å². The number of aromatic nitrogens is 1. The number of thiazole rings is 1. The van der Waals surface area contributed by atoms with Crippen molar-refractivity contribution in [3.63, 3.8) is 0 Å². The van der Waals surface area contributed by atoms with Gasteiger partial charge in [-0.15, -0.1) is 11.3 Å². The first kappa shape index (κ1) is 22.9. The van der Waals surface area contributed by atoms with Crippen molar-refractivity contribution in [2.45, 2.75) is 20.8 Å². The first-order valence-corrected chi connectivity index (χ1v) is 11.9. The van der Waals surface area contributed by atoms with Crippen LogP contribution in [0.3, 0.4) is 0 Å². The quantitative estimate of drug-likeness (QED) is 0.315. The summed E-state index contributed by atoms with van der Waals surface area (Å²) in [4.78, 5) is 17.4. The van der Waals surface area contributed by atoms with Crippen LogP contribution in [0.25, 0.3) is 20.8 Å². The number of para-hydroxylation sites is 1. The van der Waals surface area contributed by atoms with Gasteiger partial charge in [-0.3, -0.25) is 10.1 Å². The minimum absolute atomic E-state index is 0.240. The molecule has 168 valence electrons. The molecule has 1 aromatic heterocycles. The van der Waals surface area contributed by atoms with Crippen LogP contribution in [-0.4, -0.2) is 22.6 Å². The molecule has 0 saturated carbocycles. The smallest absolute Gasteiger partial charge is 0.257 e. The van der Waals surface area contributed by atoms with Crippen molar-refractivity contribution in [2.75, 3.05) is 11.9 Å². The number of carbonyl (C=O) groups excluding carboxylic acids is 1. The fraction of sp³-hybridized carbons (Fsp3) is 0.192. The number of ether oxygens (including phenoxy) is 1. The van der Waals surface area contributed by atoms with E-state index in [0.29, 0.717) is 23.8 Å². The summed E-state index contributed by atoms with van der Waals surface area (Å²) in [5.41, 5.74) is 4.38. The molecular formula is C26H25N3O2S2. The van der Waals surface area contributed by atoms with Gasteiger partial charge in [0.15, 0.2) is 5.11 Å². The van der Waals surface area contributed by atoms with E-state index in [-0.39, 0.29) is 11.0 Å². The molecule has 5 nitrogen and oxygen atoms in total. The first-order chi connectivity index (χ1) is 15.9. The zero-order valence-electron chi connectivity index (χ0n) is 18.7. The number of nitrogens with one attached hydrogen (secondary N) is 2. The molecule has 0 saturated heterocycles.